The van der Waals surface area contributed by atoms with Crippen LogP contribution in [0.25, 0.3) is 5.69 Å². The Kier molecular flexibility index (Phi) is 6.03. The van der Waals surface area contributed by atoms with Gasteiger partial charge < -0.3 is 10.1 Å². The van der Waals surface area contributed by atoms with Crippen LogP contribution in [0, 0.1) is 6.92 Å². The Morgan fingerprint density at radius 3 is 2.45 bits per heavy atom. The minimum atomic E-state index is -1.08. The van der Waals surface area contributed by atoms with E-state index in [4.69, 9.17) is 4.74 Å². The summed E-state index contributed by atoms with van der Waals surface area (Å²) in [5, 5.41) is 2.60. The van der Waals surface area contributed by atoms with Crippen molar-refractivity contribution < 1.29 is 14.3 Å². The van der Waals surface area contributed by atoms with Crippen LogP contribution in [0.2, 0.25) is 0 Å². The van der Waals surface area contributed by atoms with Crippen molar-refractivity contribution in [3.63, 3.8) is 0 Å². The van der Waals surface area contributed by atoms with E-state index < -0.39 is 18.0 Å². The summed E-state index contributed by atoms with van der Waals surface area (Å²) in [7, 11) is 1.73. The van der Waals surface area contributed by atoms with Crippen LogP contribution in [0.4, 0.5) is 5.69 Å². The lowest BCUT2D eigenvalue weighted by atomic mass is 10.2. The number of aromatic nitrogens is 2. The summed E-state index contributed by atoms with van der Waals surface area (Å²) in [6.45, 7) is 3.19. The number of halogens is 1. The molecule has 1 N–H and O–H groups in total. The van der Waals surface area contributed by atoms with Crippen LogP contribution < -0.4 is 10.9 Å². The molecule has 0 bridgehead atoms. The van der Waals surface area contributed by atoms with Crippen molar-refractivity contribution in [2.75, 3.05) is 5.32 Å². The average molecular weight is 458 g/mol. The monoisotopic (exact) mass is 457 g/mol. The van der Waals surface area contributed by atoms with Gasteiger partial charge in [-0.25, -0.2) is 9.48 Å². The third-order valence-corrected chi connectivity index (χ3v) is 5.01. The Balaban J connectivity index is 1.79. The molecule has 0 aliphatic rings. The van der Waals surface area contributed by atoms with Crippen molar-refractivity contribution in [1.29, 1.82) is 0 Å². The summed E-state index contributed by atoms with van der Waals surface area (Å²) in [6.07, 6.45) is -1.08. The molecule has 1 amide bonds. The van der Waals surface area contributed by atoms with Gasteiger partial charge in [0.1, 0.15) is 5.69 Å². The molecule has 0 aliphatic heterocycles. The fourth-order valence-electron chi connectivity index (χ4n) is 2.83. The van der Waals surface area contributed by atoms with Gasteiger partial charge in [-0.05, 0) is 44.2 Å². The number of carbonyl (C=O) groups excluding carboxylic acids is 2. The Morgan fingerprint density at radius 1 is 1.10 bits per heavy atom. The highest BCUT2D eigenvalue weighted by Gasteiger charge is 2.23. The Hall–Kier alpha value is -3.13. The summed E-state index contributed by atoms with van der Waals surface area (Å²) < 4.78 is 9.09. The van der Waals surface area contributed by atoms with Crippen LogP contribution in [0.3, 0.4) is 0 Å². The highest BCUT2D eigenvalue weighted by Crippen LogP contribution is 2.16. The minimum absolute atomic E-state index is 0.145. The summed E-state index contributed by atoms with van der Waals surface area (Å²) in [6, 6.07) is 15.8. The number of nitrogens with one attached hydrogen (secondary N) is 1. The van der Waals surface area contributed by atoms with E-state index in [0.717, 1.165) is 4.47 Å². The first-order valence-corrected chi connectivity index (χ1v) is 9.70. The molecular formula is C21H20BrN3O4. The molecule has 29 heavy (non-hydrogen) atoms. The van der Waals surface area contributed by atoms with E-state index in [0.29, 0.717) is 16.9 Å². The molecule has 1 atom stereocenters. The number of ether oxygens (including phenoxy) is 1. The standard InChI is InChI=1S/C21H20BrN3O4/c1-13-18(20(27)25(24(13)3)17-10-5-4-6-11-17)23-19(26)14(2)29-21(28)15-8-7-9-16(22)12-15/h4-12,14H,1-3H3,(H,23,26)/t14-/m0/s1. The maximum Gasteiger partial charge on any atom is 0.338 e. The highest BCUT2D eigenvalue weighted by atomic mass is 79.9. The lowest BCUT2D eigenvalue weighted by molar-refractivity contribution is -0.123. The number of para-hydroxylation sites is 1. The van der Waals surface area contributed by atoms with Gasteiger partial charge in [-0.15, -0.1) is 0 Å². The topological polar surface area (TPSA) is 82.3 Å². The fraction of sp³-hybridized carbons (Fsp3) is 0.190. The molecule has 150 valence electrons. The highest BCUT2D eigenvalue weighted by molar-refractivity contribution is 9.10. The predicted molar refractivity (Wildman–Crippen MR) is 113 cm³/mol. The average Bonchev–Trinajstić information content (AvgIpc) is 2.91. The Morgan fingerprint density at radius 2 is 1.79 bits per heavy atom. The zero-order valence-corrected chi connectivity index (χ0v) is 17.8. The molecule has 8 heteroatoms. The van der Waals surface area contributed by atoms with Gasteiger partial charge in [0, 0.05) is 11.5 Å². The number of benzene rings is 2. The molecular weight excluding hydrogens is 438 g/mol. The van der Waals surface area contributed by atoms with Crippen molar-refractivity contribution in [3.8, 4) is 5.69 Å². The zero-order valence-electron chi connectivity index (χ0n) is 16.2. The van der Waals surface area contributed by atoms with Gasteiger partial charge in [0.25, 0.3) is 11.5 Å². The Labute approximate surface area is 176 Å². The molecule has 3 aromatic rings. The molecule has 0 unspecified atom stereocenters. The molecule has 1 heterocycles. The first-order valence-electron chi connectivity index (χ1n) is 8.91. The molecule has 0 saturated heterocycles. The number of nitrogens with zero attached hydrogens (tertiary/aromatic N) is 2. The zero-order chi connectivity index (χ0) is 21.1. The van der Waals surface area contributed by atoms with Gasteiger partial charge in [-0.2, -0.15) is 0 Å². The number of esters is 1. The van der Waals surface area contributed by atoms with Crippen molar-refractivity contribution in [1.82, 2.24) is 9.36 Å². The van der Waals surface area contributed by atoms with Gasteiger partial charge in [0.05, 0.1) is 16.9 Å². The van der Waals surface area contributed by atoms with Crippen molar-refractivity contribution in [3.05, 3.63) is 80.7 Å². The summed E-state index contributed by atoms with van der Waals surface area (Å²) in [4.78, 5) is 37.7. The Bertz CT molecular complexity index is 1120. The number of rotatable bonds is 5. The molecule has 0 aliphatic carbocycles. The van der Waals surface area contributed by atoms with Gasteiger partial charge in [0.2, 0.25) is 0 Å². The molecule has 0 saturated carbocycles. The van der Waals surface area contributed by atoms with E-state index in [1.165, 1.54) is 11.6 Å². The number of carbonyl (C=O) groups is 2. The van der Waals surface area contributed by atoms with Crippen LogP contribution in [0.15, 0.2) is 63.9 Å². The number of hydrogen-bond acceptors (Lipinski definition) is 4. The fourth-order valence-corrected chi connectivity index (χ4v) is 3.23. The molecule has 3 rings (SSSR count). The van der Waals surface area contributed by atoms with E-state index in [9.17, 15) is 14.4 Å². The summed E-state index contributed by atoms with van der Waals surface area (Å²) >= 11 is 3.29. The molecule has 1 aromatic heterocycles. The normalized spacial score (nSPS) is 11.7. The molecule has 0 fully saturated rings. The van der Waals surface area contributed by atoms with Gasteiger partial charge in [-0.1, -0.05) is 40.2 Å². The third-order valence-electron chi connectivity index (χ3n) is 4.52. The van der Waals surface area contributed by atoms with Crippen LogP contribution in [0.5, 0.6) is 0 Å². The minimum Gasteiger partial charge on any atom is -0.449 e. The second-order valence-electron chi connectivity index (χ2n) is 6.48. The maximum absolute atomic E-state index is 12.9. The third kappa shape index (κ3) is 4.32. The van der Waals surface area contributed by atoms with E-state index in [2.05, 4.69) is 21.2 Å². The molecule has 2 aromatic carbocycles. The largest absolute Gasteiger partial charge is 0.449 e. The lowest BCUT2D eigenvalue weighted by Crippen LogP contribution is -2.32. The van der Waals surface area contributed by atoms with Crippen molar-refractivity contribution in [2.24, 2.45) is 7.05 Å². The van der Waals surface area contributed by atoms with Crippen molar-refractivity contribution >= 4 is 33.5 Å². The first kappa shape index (κ1) is 20.6. The molecule has 7 nitrogen and oxygen atoms in total. The van der Waals surface area contributed by atoms with Gasteiger partial charge >= 0.3 is 5.97 Å². The van der Waals surface area contributed by atoms with E-state index in [1.54, 1.807) is 55.1 Å². The van der Waals surface area contributed by atoms with Crippen molar-refractivity contribution in [2.45, 2.75) is 20.0 Å². The van der Waals surface area contributed by atoms with Gasteiger partial charge in [0.15, 0.2) is 6.10 Å². The van der Waals surface area contributed by atoms with E-state index in [-0.39, 0.29) is 11.2 Å². The van der Waals surface area contributed by atoms with E-state index >= 15 is 0 Å². The first-order chi connectivity index (χ1) is 13.8. The number of amides is 1. The van der Waals surface area contributed by atoms with Crippen LogP contribution in [0.1, 0.15) is 23.0 Å². The van der Waals surface area contributed by atoms with Crippen LogP contribution >= 0.6 is 15.9 Å². The SMILES string of the molecule is Cc1c(NC(=O)[C@H](C)OC(=O)c2cccc(Br)c2)c(=O)n(-c2ccccc2)n1C. The lowest BCUT2D eigenvalue weighted by Gasteiger charge is -2.13. The second-order valence-corrected chi connectivity index (χ2v) is 7.40. The quantitative estimate of drug-likeness (QED) is 0.594. The molecule has 0 radical (unpaired) electrons. The summed E-state index contributed by atoms with van der Waals surface area (Å²) in [5.41, 5.74) is 1.36. The maximum atomic E-state index is 12.9. The van der Waals surface area contributed by atoms with Gasteiger partial charge in [-0.3, -0.25) is 14.3 Å². The van der Waals surface area contributed by atoms with Crippen LogP contribution in [-0.2, 0) is 16.6 Å². The smallest absolute Gasteiger partial charge is 0.338 e. The number of anilines is 1. The predicted octanol–water partition coefficient (Wildman–Crippen LogP) is 3.43. The summed E-state index contributed by atoms with van der Waals surface area (Å²) in [5.74, 6) is -1.21. The second kappa shape index (κ2) is 8.48. The van der Waals surface area contributed by atoms with E-state index in [1.807, 2.05) is 18.2 Å². The molecule has 0 spiro atoms. The number of hydrogen-bond donors (Lipinski definition) is 1. The van der Waals surface area contributed by atoms with Crippen LogP contribution in [-0.4, -0.2) is 27.3 Å².